The van der Waals surface area contributed by atoms with Crippen LogP contribution in [0.1, 0.15) is 0 Å². The van der Waals surface area contributed by atoms with E-state index in [4.69, 9.17) is 0 Å². The number of hydrogen-bond acceptors (Lipinski definition) is 4. The first-order valence-electron chi connectivity index (χ1n) is 0. The van der Waals surface area contributed by atoms with Crippen molar-refractivity contribution in [3.05, 3.63) is 0 Å². The molecule has 0 aromatic carbocycles. The number of hydrogen-bond donors (Lipinski definition) is 0. The maximum Gasteiger partial charge on any atom is 2.00 e. The van der Waals surface area contributed by atoms with Crippen LogP contribution in [0.15, 0.2) is 0 Å². The molecule has 6 heteroatoms. The second-order valence-corrected chi connectivity index (χ2v) is 0. The van der Waals surface area contributed by atoms with E-state index >= 15 is 0 Å². The average Bonchev–Trinajstić information content (AvgIpc) is 0. The molecule has 0 rings (SSSR count). The molecular formula is H4CdCoO4. The van der Waals surface area contributed by atoms with E-state index in [-0.39, 0.29) is 66.0 Å². The van der Waals surface area contributed by atoms with Crippen LogP contribution in [-0.2, 0) is 44.1 Å². The summed E-state index contributed by atoms with van der Waals surface area (Å²) >= 11 is 0. The van der Waals surface area contributed by atoms with Gasteiger partial charge in [0.05, 0.1) is 0 Å². The van der Waals surface area contributed by atoms with Crippen molar-refractivity contribution in [2.75, 3.05) is 0 Å². The third-order valence-corrected chi connectivity index (χ3v) is 0. The second kappa shape index (κ2) is 108. The van der Waals surface area contributed by atoms with Crippen molar-refractivity contribution < 1.29 is 66.0 Å². The van der Waals surface area contributed by atoms with Gasteiger partial charge in [-0.2, -0.15) is 0 Å². The summed E-state index contributed by atoms with van der Waals surface area (Å²) < 4.78 is 0. The van der Waals surface area contributed by atoms with Gasteiger partial charge in [-0.05, 0) is 0 Å². The van der Waals surface area contributed by atoms with Crippen LogP contribution in [0.4, 0.5) is 0 Å². The summed E-state index contributed by atoms with van der Waals surface area (Å²) in [5.74, 6) is 0. The quantitative estimate of drug-likeness (QED) is 0.518. The van der Waals surface area contributed by atoms with Crippen molar-refractivity contribution >= 4 is 0 Å². The van der Waals surface area contributed by atoms with Crippen molar-refractivity contribution in [3.63, 3.8) is 0 Å². The third kappa shape index (κ3) is 59.7. The molecule has 0 bridgehead atoms. The van der Waals surface area contributed by atoms with Gasteiger partial charge in [-0.3, -0.25) is 0 Å². The molecule has 0 heterocycles. The molecule has 0 aliphatic heterocycles. The molecule has 0 saturated carbocycles. The predicted molar refractivity (Wildman–Crippen MR) is 7.74 cm³/mol. The van der Waals surface area contributed by atoms with E-state index in [9.17, 15) is 0 Å². The molecule has 0 aromatic heterocycles. The van der Waals surface area contributed by atoms with Gasteiger partial charge < -0.3 is 21.9 Å². The zero-order valence-corrected chi connectivity index (χ0v) is 7.91. The summed E-state index contributed by atoms with van der Waals surface area (Å²) in [6.45, 7) is 0. The smallest absolute Gasteiger partial charge is 0.870 e. The van der Waals surface area contributed by atoms with Gasteiger partial charge in [0.15, 0.2) is 0 Å². The van der Waals surface area contributed by atoms with Gasteiger partial charge in [-0.15, -0.1) is 0 Å². The van der Waals surface area contributed by atoms with Crippen molar-refractivity contribution in [2.24, 2.45) is 0 Å². The van der Waals surface area contributed by atoms with E-state index in [1.165, 1.54) is 0 Å². The van der Waals surface area contributed by atoms with E-state index in [0.29, 0.717) is 0 Å². The molecule has 6 heavy (non-hydrogen) atoms. The Morgan fingerprint density at radius 1 is 0.500 bits per heavy atom. The van der Waals surface area contributed by atoms with E-state index < -0.39 is 0 Å². The maximum absolute atomic E-state index is 0. The van der Waals surface area contributed by atoms with Gasteiger partial charge in [0.25, 0.3) is 0 Å². The fourth-order valence-corrected chi connectivity index (χ4v) is 0. The van der Waals surface area contributed by atoms with Gasteiger partial charge in [0.1, 0.15) is 0 Å². The Hall–Kier alpha value is 1.27. The Balaban J connectivity index is 0. The van der Waals surface area contributed by atoms with Crippen LogP contribution in [0.2, 0.25) is 0 Å². The van der Waals surface area contributed by atoms with Gasteiger partial charge in [-0.25, -0.2) is 0 Å². The minimum Gasteiger partial charge on any atom is -0.870 e. The minimum absolute atomic E-state index is 0. The Morgan fingerprint density at radius 2 is 0.500 bits per heavy atom. The molecule has 4 N–H and O–H groups in total. The average molecular weight is 239 g/mol. The molecule has 1 radical (unpaired) electrons. The zero-order valence-electron chi connectivity index (χ0n) is 2.83. The standard InChI is InChI=1S/Cd.Co.4H2O/h;;4*1H2/q2*+2;;;;/p-4. The SMILES string of the molecule is [Cd+2].[Co+2].[OH-].[OH-].[OH-].[OH-]. The van der Waals surface area contributed by atoms with Crippen molar-refractivity contribution in [1.29, 1.82) is 0 Å². The predicted octanol–water partition coefficient (Wildman–Crippen LogP) is -0.712. The first kappa shape index (κ1) is 177. The van der Waals surface area contributed by atoms with E-state index in [1.807, 2.05) is 0 Å². The normalized spacial score (nSPS) is 0. The summed E-state index contributed by atoms with van der Waals surface area (Å²) in [6.07, 6.45) is 0. The van der Waals surface area contributed by atoms with E-state index in [0.717, 1.165) is 0 Å². The number of rotatable bonds is 0. The van der Waals surface area contributed by atoms with Crippen LogP contribution in [0.5, 0.6) is 0 Å². The molecule has 0 amide bonds. The summed E-state index contributed by atoms with van der Waals surface area (Å²) in [5, 5.41) is 0. The molecule has 0 atom stereocenters. The van der Waals surface area contributed by atoms with Crippen LogP contribution in [0, 0.1) is 0 Å². The Labute approximate surface area is 65.9 Å². The summed E-state index contributed by atoms with van der Waals surface area (Å²) in [5.41, 5.74) is 0. The summed E-state index contributed by atoms with van der Waals surface area (Å²) in [7, 11) is 0. The molecule has 39 valence electrons. The molecule has 0 unspecified atom stereocenters. The Bertz CT molecular complexity index is 7.51. The molecule has 0 saturated heterocycles. The van der Waals surface area contributed by atoms with Crippen molar-refractivity contribution in [3.8, 4) is 0 Å². The molecule has 0 fully saturated rings. The van der Waals surface area contributed by atoms with Gasteiger partial charge >= 0.3 is 44.1 Å². The maximum atomic E-state index is 0. The monoisotopic (exact) mass is 241 g/mol. The van der Waals surface area contributed by atoms with Gasteiger partial charge in [-0.1, -0.05) is 0 Å². The first-order valence-corrected chi connectivity index (χ1v) is 0. The summed E-state index contributed by atoms with van der Waals surface area (Å²) in [4.78, 5) is 0. The van der Waals surface area contributed by atoms with Gasteiger partial charge in [0.2, 0.25) is 0 Å². The molecular weight excluding hydrogens is 235 g/mol. The molecule has 4 nitrogen and oxygen atoms in total. The molecule has 0 aliphatic carbocycles. The van der Waals surface area contributed by atoms with Crippen LogP contribution in [-0.4, -0.2) is 21.9 Å². The van der Waals surface area contributed by atoms with Crippen LogP contribution >= 0.6 is 0 Å². The molecule has 0 aliphatic rings. The van der Waals surface area contributed by atoms with Crippen molar-refractivity contribution in [2.45, 2.75) is 0 Å². The second-order valence-electron chi connectivity index (χ2n) is 0. The molecule has 0 aromatic rings. The zero-order chi connectivity index (χ0) is 0. The fourth-order valence-electron chi connectivity index (χ4n) is 0. The summed E-state index contributed by atoms with van der Waals surface area (Å²) in [6, 6.07) is 0. The van der Waals surface area contributed by atoms with Crippen LogP contribution in [0.25, 0.3) is 0 Å². The third-order valence-electron chi connectivity index (χ3n) is 0. The van der Waals surface area contributed by atoms with E-state index in [1.54, 1.807) is 0 Å². The first-order chi connectivity index (χ1) is 0. The van der Waals surface area contributed by atoms with Gasteiger partial charge in [0, 0.05) is 0 Å². The fraction of sp³-hybridized carbons (Fsp3) is 0. The van der Waals surface area contributed by atoms with Crippen molar-refractivity contribution in [1.82, 2.24) is 0 Å². The Morgan fingerprint density at radius 3 is 0.500 bits per heavy atom. The van der Waals surface area contributed by atoms with E-state index in [2.05, 4.69) is 0 Å². The van der Waals surface area contributed by atoms with Crippen LogP contribution < -0.4 is 0 Å². The molecule has 0 spiro atoms. The minimum atomic E-state index is 0. The topological polar surface area (TPSA) is 120 Å². The Kier molecular flexibility index (Phi) is 3200. The largest absolute Gasteiger partial charge is 2.00 e. The van der Waals surface area contributed by atoms with Crippen LogP contribution in [0.3, 0.4) is 0 Å².